The van der Waals surface area contributed by atoms with Gasteiger partial charge < -0.3 is 5.32 Å². The molecule has 0 spiro atoms. The average Bonchev–Trinajstić information content (AvgIpc) is 2.59. The molecule has 0 aliphatic heterocycles. The minimum absolute atomic E-state index is 0.243. The standard InChI is InChI=1S/C22H45NO/c1-6-10-12-13-14-16-21(20(8-3)9-4)23-18-17-22(24)19(5)15-11-7-2/h19-21,23H,6-18H2,1-5H3. The highest BCUT2D eigenvalue weighted by Crippen LogP contribution is 2.19. The molecular weight excluding hydrogens is 294 g/mol. The summed E-state index contributed by atoms with van der Waals surface area (Å²) in [6.45, 7) is 12.0. The van der Waals surface area contributed by atoms with Crippen LogP contribution in [0.4, 0.5) is 0 Å². The highest BCUT2D eigenvalue weighted by atomic mass is 16.1. The van der Waals surface area contributed by atoms with Gasteiger partial charge in [-0.05, 0) is 18.8 Å². The summed E-state index contributed by atoms with van der Waals surface area (Å²) in [5, 5.41) is 3.73. The van der Waals surface area contributed by atoms with Crippen molar-refractivity contribution in [1.82, 2.24) is 5.32 Å². The second-order valence-corrected chi connectivity index (χ2v) is 7.60. The fourth-order valence-corrected chi connectivity index (χ4v) is 3.63. The second kappa shape index (κ2) is 16.1. The molecule has 0 aromatic carbocycles. The zero-order valence-electron chi connectivity index (χ0n) is 17.3. The van der Waals surface area contributed by atoms with Crippen molar-refractivity contribution >= 4 is 5.78 Å². The van der Waals surface area contributed by atoms with Gasteiger partial charge in [0.25, 0.3) is 0 Å². The Hall–Kier alpha value is -0.370. The Labute approximate surface area is 152 Å². The second-order valence-electron chi connectivity index (χ2n) is 7.60. The number of unbranched alkanes of at least 4 members (excludes halogenated alkanes) is 5. The number of nitrogens with one attached hydrogen (secondary N) is 1. The highest BCUT2D eigenvalue weighted by molar-refractivity contribution is 5.80. The molecule has 0 aliphatic rings. The first-order valence-corrected chi connectivity index (χ1v) is 10.9. The van der Waals surface area contributed by atoms with Crippen LogP contribution in [-0.2, 0) is 4.79 Å². The first kappa shape index (κ1) is 23.6. The van der Waals surface area contributed by atoms with Crippen LogP contribution in [0.25, 0.3) is 0 Å². The van der Waals surface area contributed by atoms with Gasteiger partial charge in [0, 0.05) is 24.9 Å². The van der Waals surface area contributed by atoms with Gasteiger partial charge in [-0.1, -0.05) is 92.4 Å². The van der Waals surface area contributed by atoms with Crippen molar-refractivity contribution in [1.29, 1.82) is 0 Å². The molecule has 2 heteroatoms. The van der Waals surface area contributed by atoms with Crippen LogP contribution in [0, 0.1) is 11.8 Å². The fourth-order valence-electron chi connectivity index (χ4n) is 3.63. The topological polar surface area (TPSA) is 29.1 Å². The third kappa shape index (κ3) is 11.2. The minimum Gasteiger partial charge on any atom is -0.313 e. The van der Waals surface area contributed by atoms with Gasteiger partial charge in [0.1, 0.15) is 5.78 Å². The molecule has 2 atom stereocenters. The molecule has 0 saturated carbocycles. The van der Waals surface area contributed by atoms with E-state index in [1.54, 1.807) is 0 Å². The van der Waals surface area contributed by atoms with Gasteiger partial charge in [-0.25, -0.2) is 0 Å². The monoisotopic (exact) mass is 339 g/mol. The van der Waals surface area contributed by atoms with E-state index in [-0.39, 0.29) is 5.92 Å². The van der Waals surface area contributed by atoms with Crippen LogP contribution in [0.1, 0.15) is 112 Å². The van der Waals surface area contributed by atoms with Crippen LogP contribution in [0.2, 0.25) is 0 Å². The van der Waals surface area contributed by atoms with Gasteiger partial charge in [0.05, 0.1) is 0 Å². The predicted molar refractivity (Wildman–Crippen MR) is 108 cm³/mol. The van der Waals surface area contributed by atoms with E-state index in [4.69, 9.17) is 0 Å². The molecule has 0 bridgehead atoms. The maximum atomic E-state index is 12.2. The van der Waals surface area contributed by atoms with Gasteiger partial charge in [0.15, 0.2) is 0 Å². The number of ketones is 1. The molecule has 144 valence electrons. The summed E-state index contributed by atoms with van der Waals surface area (Å²) in [6.07, 6.45) is 14.6. The summed E-state index contributed by atoms with van der Waals surface area (Å²) in [5.74, 6) is 1.44. The molecular formula is C22H45NO. The Bertz CT molecular complexity index is 286. The lowest BCUT2D eigenvalue weighted by molar-refractivity contribution is -0.122. The van der Waals surface area contributed by atoms with Gasteiger partial charge >= 0.3 is 0 Å². The van der Waals surface area contributed by atoms with Crippen molar-refractivity contribution in [3.8, 4) is 0 Å². The summed E-state index contributed by atoms with van der Waals surface area (Å²) in [5.41, 5.74) is 0. The Morgan fingerprint density at radius 2 is 1.46 bits per heavy atom. The van der Waals surface area contributed by atoms with Crippen molar-refractivity contribution < 1.29 is 4.79 Å². The molecule has 0 aromatic rings. The first-order valence-electron chi connectivity index (χ1n) is 10.9. The van der Waals surface area contributed by atoms with Crippen LogP contribution < -0.4 is 5.32 Å². The highest BCUT2D eigenvalue weighted by Gasteiger charge is 2.18. The van der Waals surface area contributed by atoms with Gasteiger partial charge in [-0.2, -0.15) is 0 Å². The Balaban J connectivity index is 4.17. The molecule has 2 nitrogen and oxygen atoms in total. The molecule has 2 unspecified atom stereocenters. The number of carbonyl (C=O) groups is 1. The number of Topliss-reactive ketones (excluding diaryl/α,β-unsaturated/α-hetero) is 1. The van der Waals surface area contributed by atoms with E-state index in [0.29, 0.717) is 18.2 Å². The van der Waals surface area contributed by atoms with Gasteiger partial charge in [-0.3, -0.25) is 4.79 Å². The van der Waals surface area contributed by atoms with Crippen LogP contribution in [0.3, 0.4) is 0 Å². The van der Waals surface area contributed by atoms with Crippen molar-refractivity contribution in [3.63, 3.8) is 0 Å². The fraction of sp³-hybridized carbons (Fsp3) is 0.955. The van der Waals surface area contributed by atoms with E-state index < -0.39 is 0 Å². The van der Waals surface area contributed by atoms with Crippen LogP contribution in [0.5, 0.6) is 0 Å². The number of rotatable bonds is 17. The molecule has 0 amide bonds. The molecule has 0 fully saturated rings. The van der Waals surface area contributed by atoms with Crippen molar-refractivity contribution in [2.75, 3.05) is 6.54 Å². The largest absolute Gasteiger partial charge is 0.313 e. The molecule has 0 aromatic heterocycles. The van der Waals surface area contributed by atoms with Crippen molar-refractivity contribution in [3.05, 3.63) is 0 Å². The van der Waals surface area contributed by atoms with E-state index in [1.165, 1.54) is 64.2 Å². The smallest absolute Gasteiger partial charge is 0.136 e. The van der Waals surface area contributed by atoms with Crippen LogP contribution in [0.15, 0.2) is 0 Å². The lowest BCUT2D eigenvalue weighted by atomic mass is 9.89. The lowest BCUT2D eigenvalue weighted by Gasteiger charge is -2.27. The molecule has 0 saturated heterocycles. The molecule has 1 N–H and O–H groups in total. The zero-order chi connectivity index (χ0) is 18.2. The molecule has 0 heterocycles. The lowest BCUT2D eigenvalue weighted by Crippen LogP contribution is -2.37. The average molecular weight is 340 g/mol. The summed E-state index contributed by atoms with van der Waals surface area (Å²) in [4.78, 5) is 12.2. The summed E-state index contributed by atoms with van der Waals surface area (Å²) < 4.78 is 0. The molecule has 0 rings (SSSR count). The van der Waals surface area contributed by atoms with E-state index in [0.717, 1.165) is 18.9 Å². The Kier molecular flexibility index (Phi) is 15.9. The molecule has 0 aliphatic carbocycles. The summed E-state index contributed by atoms with van der Waals surface area (Å²) in [6, 6.07) is 0.598. The normalized spacial score (nSPS) is 14.1. The number of carbonyl (C=O) groups excluding carboxylic acids is 1. The van der Waals surface area contributed by atoms with E-state index in [1.807, 2.05) is 0 Å². The summed E-state index contributed by atoms with van der Waals surface area (Å²) >= 11 is 0. The quantitative estimate of drug-likeness (QED) is 0.305. The molecule has 0 radical (unpaired) electrons. The number of hydrogen-bond donors (Lipinski definition) is 1. The van der Waals surface area contributed by atoms with Crippen molar-refractivity contribution in [2.24, 2.45) is 11.8 Å². The number of hydrogen-bond acceptors (Lipinski definition) is 2. The van der Waals surface area contributed by atoms with Gasteiger partial charge in [0.2, 0.25) is 0 Å². The van der Waals surface area contributed by atoms with E-state index >= 15 is 0 Å². The molecule has 24 heavy (non-hydrogen) atoms. The van der Waals surface area contributed by atoms with Crippen LogP contribution in [-0.4, -0.2) is 18.4 Å². The Morgan fingerprint density at radius 1 is 0.833 bits per heavy atom. The summed E-state index contributed by atoms with van der Waals surface area (Å²) in [7, 11) is 0. The third-order valence-corrected chi connectivity index (χ3v) is 5.55. The first-order chi connectivity index (χ1) is 11.6. The van der Waals surface area contributed by atoms with Crippen LogP contribution >= 0.6 is 0 Å². The van der Waals surface area contributed by atoms with E-state index in [9.17, 15) is 4.79 Å². The maximum absolute atomic E-state index is 12.2. The van der Waals surface area contributed by atoms with E-state index in [2.05, 4.69) is 39.9 Å². The third-order valence-electron chi connectivity index (χ3n) is 5.55. The van der Waals surface area contributed by atoms with Crippen molar-refractivity contribution in [2.45, 2.75) is 118 Å². The Morgan fingerprint density at radius 3 is 2.04 bits per heavy atom. The van der Waals surface area contributed by atoms with Gasteiger partial charge in [-0.15, -0.1) is 0 Å². The SMILES string of the molecule is CCCCCCCC(NCCC(=O)C(C)CCCC)C(CC)CC. The zero-order valence-corrected chi connectivity index (χ0v) is 17.3. The minimum atomic E-state index is 0.243. The predicted octanol–water partition coefficient (Wildman–Crippen LogP) is 6.53. The maximum Gasteiger partial charge on any atom is 0.136 e.